The molecule has 0 saturated heterocycles. The van der Waals surface area contributed by atoms with Gasteiger partial charge in [0.05, 0.1) is 12.2 Å². The topological polar surface area (TPSA) is 108 Å². The van der Waals surface area contributed by atoms with Crippen molar-refractivity contribution in [1.29, 1.82) is 0 Å². The van der Waals surface area contributed by atoms with Crippen LogP contribution < -0.4 is 10.6 Å². The van der Waals surface area contributed by atoms with Crippen LogP contribution >= 0.6 is 0 Å². The fourth-order valence-corrected chi connectivity index (χ4v) is 1.27. The highest BCUT2D eigenvalue weighted by Crippen LogP contribution is 1.94. The average molecular weight is 265 g/mol. The van der Waals surface area contributed by atoms with E-state index in [1.54, 1.807) is 18.3 Å². The standard InChI is InChI=1S/C12H15N3O4/c16-10(4-5-11(17)15-8-12(18)19)14-7-9-3-1-2-6-13-9/h1-3,6H,4-5,7-8H2,(H,14,16)(H,15,17)(H,18,19). The van der Waals surface area contributed by atoms with Gasteiger partial charge in [0.25, 0.3) is 0 Å². The summed E-state index contributed by atoms with van der Waals surface area (Å²) in [6.45, 7) is -0.134. The average Bonchev–Trinajstić information content (AvgIpc) is 2.41. The number of carbonyl (C=O) groups is 3. The van der Waals surface area contributed by atoms with Crippen LogP contribution in [0.1, 0.15) is 18.5 Å². The van der Waals surface area contributed by atoms with E-state index in [0.717, 1.165) is 5.69 Å². The van der Waals surface area contributed by atoms with Crippen molar-refractivity contribution < 1.29 is 19.5 Å². The molecule has 1 aromatic heterocycles. The first-order valence-electron chi connectivity index (χ1n) is 5.73. The Morgan fingerprint density at radius 3 is 2.37 bits per heavy atom. The lowest BCUT2D eigenvalue weighted by Gasteiger charge is -2.05. The molecule has 19 heavy (non-hydrogen) atoms. The molecule has 0 radical (unpaired) electrons. The van der Waals surface area contributed by atoms with Gasteiger partial charge >= 0.3 is 5.97 Å². The zero-order chi connectivity index (χ0) is 14.1. The van der Waals surface area contributed by atoms with Crippen LogP contribution in [0.2, 0.25) is 0 Å². The second kappa shape index (κ2) is 7.80. The van der Waals surface area contributed by atoms with Crippen molar-refractivity contribution >= 4 is 17.8 Å². The van der Waals surface area contributed by atoms with E-state index in [1.165, 1.54) is 0 Å². The molecule has 0 aromatic carbocycles. The SMILES string of the molecule is O=C(O)CNC(=O)CCC(=O)NCc1ccccn1. The minimum Gasteiger partial charge on any atom is -0.480 e. The van der Waals surface area contributed by atoms with E-state index in [9.17, 15) is 14.4 Å². The molecule has 0 spiro atoms. The van der Waals surface area contributed by atoms with Crippen molar-refractivity contribution in [2.24, 2.45) is 0 Å². The van der Waals surface area contributed by atoms with Crippen LogP contribution in [0.4, 0.5) is 0 Å². The van der Waals surface area contributed by atoms with Crippen LogP contribution in [0, 0.1) is 0 Å². The number of rotatable bonds is 7. The number of nitrogens with zero attached hydrogens (tertiary/aromatic N) is 1. The number of amides is 2. The van der Waals surface area contributed by atoms with Crippen LogP contribution in [0.25, 0.3) is 0 Å². The Balaban J connectivity index is 2.17. The molecule has 102 valence electrons. The number of carboxylic acids is 1. The van der Waals surface area contributed by atoms with Gasteiger partial charge in [-0.15, -0.1) is 0 Å². The van der Waals surface area contributed by atoms with Gasteiger partial charge in [-0.3, -0.25) is 19.4 Å². The van der Waals surface area contributed by atoms with Crippen molar-refractivity contribution in [3.8, 4) is 0 Å². The number of aromatic nitrogens is 1. The minimum atomic E-state index is -1.12. The van der Waals surface area contributed by atoms with Gasteiger partial charge in [0.15, 0.2) is 0 Å². The van der Waals surface area contributed by atoms with E-state index in [-0.39, 0.29) is 18.7 Å². The molecule has 2 amide bonds. The summed E-state index contributed by atoms with van der Waals surface area (Å²) in [6, 6.07) is 5.37. The maximum Gasteiger partial charge on any atom is 0.322 e. The van der Waals surface area contributed by atoms with Crippen LogP contribution in [0.3, 0.4) is 0 Å². The Morgan fingerprint density at radius 2 is 1.79 bits per heavy atom. The summed E-state index contributed by atoms with van der Waals surface area (Å²) in [6.07, 6.45) is 1.60. The Bertz CT molecular complexity index is 448. The highest BCUT2D eigenvalue weighted by molar-refractivity contribution is 5.85. The van der Waals surface area contributed by atoms with Crippen LogP contribution in [-0.4, -0.2) is 34.4 Å². The number of pyridine rings is 1. The molecule has 0 fully saturated rings. The molecule has 0 aliphatic heterocycles. The van der Waals surface area contributed by atoms with E-state index in [1.807, 2.05) is 6.07 Å². The summed E-state index contributed by atoms with van der Waals surface area (Å²) in [7, 11) is 0. The lowest BCUT2D eigenvalue weighted by atomic mass is 10.2. The van der Waals surface area contributed by atoms with E-state index < -0.39 is 18.4 Å². The number of hydrogen-bond donors (Lipinski definition) is 3. The number of carboxylic acid groups (broad SMARTS) is 1. The third-order valence-corrected chi connectivity index (χ3v) is 2.21. The fraction of sp³-hybridized carbons (Fsp3) is 0.333. The molecule has 0 saturated carbocycles. The number of aliphatic carboxylic acids is 1. The minimum absolute atomic E-state index is 0.0122. The van der Waals surface area contributed by atoms with Crippen molar-refractivity contribution in [3.63, 3.8) is 0 Å². The third-order valence-electron chi connectivity index (χ3n) is 2.21. The first kappa shape index (κ1) is 14.6. The highest BCUT2D eigenvalue weighted by atomic mass is 16.4. The zero-order valence-electron chi connectivity index (χ0n) is 10.3. The van der Waals surface area contributed by atoms with Gasteiger partial charge in [-0.25, -0.2) is 0 Å². The van der Waals surface area contributed by atoms with Gasteiger partial charge in [-0.2, -0.15) is 0 Å². The predicted molar refractivity (Wildman–Crippen MR) is 66.0 cm³/mol. The van der Waals surface area contributed by atoms with E-state index in [4.69, 9.17) is 5.11 Å². The molecule has 3 N–H and O–H groups in total. The van der Waals surface area contributed by atoms with Gasteiger partial charge in [0.2, 0.25) is 11.8 Å². The first-order valence-corrected chi connectivity index (χ1v) is 5.73. The highest BCUT2D eigenvalue weighted by Gasteiger charge is 2.07. The third kappa shape index (κ3) is 6.77. The maximum absolute atomic E-state index is 11.4. The first-order chi connectivity index (χ1) is 9.08. The van der Waals surface area contributed by atoms with Crippen LogP contribution in [0.15, 0.2) is 24.4 Å². The summed E-state index contributed by atoms with van der Waals surface area (Å²) in [5.41, 5.74) is 0.728. The molecular formula is C12H15N3O4. The lowest BCUT2D eigenvalue weighted by molar-refractivity contribution is -0.138. The molecule has 0 bridgehead atoms. The van der Waals surface area contributed by atoms with Gasteiger partial charge in [-0.05, 0) is 12.1 Å². The lowest BCUT2D eigenvalue weighted by Crippen LogP contribution is -2.31. The summed E-state index contributed by atoms with van der Waals surface area (Å²) in [5, 5.41) is 13.2. The molecule has 0 unspecified atom stereocenters. The second-order valence-corrected chi connectivity index (χ2v) is 3.77. The quantitative estimate of drug-likeness (QED) is 0.626. The summed E-state index contributed by atoms with van der Waals surface area (Å²) in [4.78, 5) is 36.8. The van der Waals surface area contributed by atoms with Crippen molar-refractivity contribution in [2.45, 2.75) is 19.4 Å². The van der Waals surface area contributed by atoms with Crippen LogP contribution in [-0.2, 0) is 20.9 Å². The Labute approximate surface area is 110 Å². The largest absolute Gasteiger partial charge is 0.480 e. The Hall–Kier alpha value is -2.44. The van der Waals surface area contributed by atoms with Crippen molar-refractivity contribution in [2.75, 3.05) is 6.54 Å². The predicted octanol–water partition coefficient (Wildman–Crippen LogP) is -0.321. The van der Waals surface area contributed by atoms with Gasteiger partial charge < -0.3 is 15.7 Å². The molecule has 0 aliphatic rings. The number of nitrogens with one attached hydrogen (secondary N) is 2. The Kier molecular flexibility index (Phi) is 6.00. The normalized spacial score (nSPS) is 9.68. The number of carbonyl (C=O) groups excluding carboxylic acids is 2. The second-order valence-electron chi connectivity index (χ2n) is 3.77. The molecule has 1 rings (SSSR count). The molecule has 7 heteroatoms. The molecule has 0 aliphatic carbocycles. The van der Waals surface area contributed by atoms with Gasteiger partial charge in [0.1, 0.15) is 6.54 Å². The van der Waals surface area contributed by atoms with Crippen LogP contribution in [0.5, 0.6) is 0 Å². The molecular weight excluding hydrogens is 250 g/mol. The summed E-state index contributed by atoms with van der Waals surface area (Å²) < 4.78 is 0. The molecule has 1 aromatic rings. The van der Waals surface area contributed by atoms with Crippen molar-refractivity contribution in [3.05, 3.63) is 30.1 Å². The molecule has 0 atom stereocenters. The van der Waals surface area contributed by atoms with Crippen molar-refractivity contribution in [1.82, 2.24) is 15.6 Å². The summed E-state index contributed by atoms with van der Waals surface area (Å²) in [5.74, 6) is -1.86. The molecule has 1 heterocycles. The monoisotopic (exact) mass is 265 g/mol. The molecule has 7 nitrogen and oxygen atoms in total. The Morgan fingerprint density at radius 1 is 1.11 bits per heavy atom. The maximum atomic E-state index is 11.4. The number of hydrogen-bond acceptors (Lipinski definition) is 4. The van der Waals surface area contributed by atoms with E-state index in [2.05, 4.69) is 15.6 Å². The van der Waals surface area contributed by atoms with E-state index in [0.29, 0.717) is 6.54 Å². The van der Waals surface area contributed by atoms with Gasteiger partial charge in [-0.1, -0.05) is 6.07 Å². The fourth-order valence-electron chi connectivity index (χ4n) is 1.27. The van der Waals surface area contributed by atoms with E-state index >= 15 is 0 Å². The zero-order valence-corrected chi connectivity index (χ0v) is 10.3. The van der Waals surface area contributed by atoms with Gasteiger partial charge in [0, 0.05) is 19.0 Å². The summed E-state index contributed by atoms with van der Waals surface area (Å²) >= 11 is 0. The smallest absolute Gasteiger partial charge is 0.322 e.